The topological polar surface area (TPSA) is 102 Å². The molecule has 0 aromatic heterocycles. The van der Waals surface area contributed by atoms with Crippen LogP contribution in [-0.2, 0) is 25.7 Å². The second-order valence-electron chi connectivity index (χ2n) is 5.99. The summed E-state index contributed by atoms with van der Waals surface area (Å²) in [5.74, 6) is -2.11. The zero-order valence-electron chi connectivity index (χ0n) is 15.1. The lowest BCUT2D eigenvalue weighted by Crippen LogP contribution is -2.37. The average molecular weight is 382 g/mol. The minimum atomic E-state index is -0.793. The number of carbonyl (C=O) groups excluding carboxylic acids is 4. The lowest BCUT2D eigenvalue weighted by molar-refractivity contribution is -0.147. The summed E-state index contributed by atoms with van der Waals surface area (Å²) >= 11 is 0. The van der Waals surface area contributed by atoms with E-state index in [-0.39, 0.29) is 12.1 Å². The second kappa shape index (κ2) is 8.34. The largest absolute Gasteiger partial charge is 0.496 e. The van der Waals surface area contributed by atoms with Crippen molar-refractivity contribution < 1.29 is 28.7 Å². The third kappa shape index (κ3) is 4.01. The predicted octanol–water partition coefficient (Wildman–Crippen LogP) is 1.08. The number of nitrogens with zero attached hydrogens (tertiary/aromatic N) is 1. The Bertz CT molecular complexity index is 940. The molecule has 0 atom stereocenters. The Morgan fingerprint density at radius 3 is 2.54 bits per heavy atom. The number of ketones is 1. The number of ether oxygens (including phenoxy) is 2. The van der Waals surface area contributed by atoms with Gasteiger partial charge in [0.2, 0.25) is 0 Å². The van der Waals surface area contributed by atoms with Crippen LogP contribution >= 0.6 is 0 Å². The van der Waals surface area contributed by atoms with Crippen LogP contribution in [0.25, 0.3) is 0 Å². The SMILES string of the molecule is COc1ccccc1CNC(=O)COC(=O)CN1C(=O)C(=O)c2ccccc21. The van der Waals surface area contributed by atoms with Crippen molar-refractivity contribution in [3.8, 4) is 5.75 Å². The minimum Gasteiger partial charge on any atom is -0.496 e. The number of fused-ring (bicyclic) bond motifs is 1. The van der Waals surface area contributed by atoms with Crippen molar-refractivity contribution in [2.75, 3.05) is 25.2 Å². The molecule has 0 unspecified atom stereocenters. The summed E-state index contributed by atoms with van der Waals surface area (Å²) in [4.78, 5) is 48.9. The second-order valence-corrected chi connectivity index (χ2v) is 5.99. The molecule has 1 heterocycles. The molecular formula is C20H18N2O6. The molecule has 1 N–H and O–H groups in total. The van der Waals surface area contributed by atoms with Crippen molar-refractivity contribution in [3.05, 3.63) is 59.7 Å². The first-order valence-corrected chi connectivity index (χ1v) is 8.50. The van der Waals surface area contributed by atoms with Gasteiger partial charge in [0.1, 0.15) is 12.3 Å². The zero-order valence-corrected chi connectivity index (χ0v) is 15.1. The molecule has 0 aliphatic carbocycles. The molecule has 2 aromatic rings. The van der Waals surface area contributed by atoms with Gasteiger partial charge >= 0.3 is 5.97 Å². The van der Waals surface area contributed by atoms with Gasteiger partial charge in [0, 0.05) is 12.1 Å². The molecule has 0 radical (unpaired) electrons. The molecule has 0 spiro atoms. The zero-order chi connectivity index (χ0) is 20.1. The molecule has 3 rings (SSSR count). The Balaban J connectivity index is 1.50. The summed E-state index contributed by atoms with van der Waals surface area (Å²) in [5, 5.41) is 2.62. The highest BCUT2D eigenvalue weighted by molar-refractivity contribution is 6.52. The lowest BCUT2D eigenvalue weighted by atomic mass is 10.1. The molecule has 1 aliphatic heterocycles. The molecule has 2 amide bonds. The van der Waals surface area contributed by atoms with E-state index in [2.05, 4.69) is 5.32 Å². The quantitative estimate of drug-likeness (QED) is 0.568. The van der Waals surface area contributed by atoms with E-state index in [4.69, 9.17) is 9.47 Å². The number of para-hydroxylation sites is 2. The number of benzene rings is 2. The molecular weight excluding hydrogens is 364 g/mol. The predicted molar refractivity (Wildman–Crippen MR) is 98.9 cm³/mol. The Hall–Kier alpha value is -3.68. The summed E-state index contributed by atoms with van der Waals surface area (Å²) in [5.41, 5.74) is 1.38. The molecule has 0 saturated heterocycles. The van der Waals surface area contributed by atoms with Crippen LogP contribution in [0, 0.1) is 0 Å². The van der Waals surface area contributed by atoms with Gasteiger partial charge in [-0.3, -0.25) is 24.1 Å². The van der Waals surface area contributed by atoms with Crippen LogP contribution in [0.15, 0.2) is 48.5 Å². The van der Waals surface area contributed by atoms with Gasteiger partial charge < -0.3 is 14.8 Å². The van der Waals surface area contributed by atoms with Crippen LogP contribution in [-0.4, -0.2) is 43.8 Å². The van der Waals surface area contributed by atoms with Crippen molar-refractivity contribution in [2.45, 2.75) is 6.54 Å². The molecule has 8 heteroatoms. The van der Waals surface area contributed by atoms with Gasteiger partial charge in [0.25, 0.3) is 17.6 Å². The smallest absolute Gasteiger partial charge is 0.326 e. The van der Waals surface area contributed by atoms with Gasteiger partial charge in [-0.25, -0.2) is 0 Å². The molecule has 0 saturated carbocycles. The number of hydrogen-bond donors (Lipinski definition) is 1. The maximum Gasteiger partial charge on any atom is 0.326 e. The standard InChI is InChI=1S/C20H18N2O6/c1-27-16-9-5-2-6-13(16)10-21-17(23)12-28-18(24)11-22-15-8-4-3-7-14(15)19(25)20(22)26/h2-9H,10-12H2,1H3,(H,21,23). The van der Waals surface area contributed by atoms with E-state index >= 15 is 0 Å². The highest BCUT2D eigenvalue weighted by atomic mass is 16.5. The van der Waals surface area contributed by atoms with Crippen molar-refractivity contribution >= 4 is 29.3 Å². The molecule has 144 valence electrons. The van der Waals surface area contributed by atoms with E-state index in [9.17, 15) is 19.2 Å². The minimum absolute atomic E-state index is 0.215. The summed E-state index contributed by atoms with van der Waals surface area (Å²) < 4.78 is 10.1. The van der Waals surface area contributed by atoms with Gasteiger partial charge in [-0.15, -0.1) is 0 Å². The van der Waals surface area contributed by atoms with Crippen LogP contribution in [0.1, 0.15) is 15.9 Å². The number of esters is 1. The van der Waals surface area contributed by atoms with Crippen LogP contribution < -0.4 is 15.0 Å². The number of rotatable bonds is 7. The Morgan fingerprint density at radius 2 is 1.75 bits per heavy atom. The van der Waals surface area contributed by atoms with Gasteiger partial charge in [0.05, 0.1) is 18.4 Å². The Morgan fingerprint density at radius 1 is 1.04 bits per heavy atom. The first-order valence-electron chi connectivity index (χ1n) is 8.50. The van der Waals surface area contributed by atoms with Crippen LogP contribution in [0.4, 0.5) is 5.69 Å². The number of carbonyl (C=O) groups is 4. The van der Waals surface area contributed by atoms with E-state index < -0.39 is 36.7 Å². The van der Waals surface area contributed by atoms with Gasteiger partial charge in [-0.1, -0.05) is 30.3 Å². The number of nitrogens with one attached hydrogen (secondary N) is 1. The fraction of sp³-hybridized carbons (Fsp3) is 0.200. The van der Waals surface area contributed by atoms with Crippen molar-refractivity contribution in [3.63, 3.8) is 0 Å². The molecule has 0 fully saturated rings. The Labute approximate surface area is 161 Å². The van der Waals surface area contributed by atoms with Gasteiger partial charge in [0.15, 0.2) is 6.61 Å². The van der Waals surface area contributed by atoms with Crippen LogP contribution in [0.3, 0.4) is 0 Å². The van der Waals surface area contributed by atoms with Crippen LogP contribution in [0.2, 0.25) is 0 Å². The molecule has 28 heavy (non-hydrogen) atoms. The highest BCUT2D eigenvalue weighted by Gasteiger charge is 2.36. The normalized spacial score (nSPS) is 12.5. The van der Waals surface area contributed by atoms with Gasteiger partial charge in [-0.2, -0.15) is 0 Å². The number of Topliss-reactive ketones (excluding diaryl/α,β-unsaturated/α-hetero) is 1. The van der Waals surface area contributed by atoms with E-state index in [1.165, 1.54) is 13.2 Å². The number of hydrogen-bond acceptors (Lipinski definition) is 6. The molecule has 2 aromatic carbocycles. The van der Waals surface area contributed by atoms with Crippen molar-refractivity contribution in [1.82, 2.24) is 5.32 Å². The van der Waals surface area contributed by atoms with E-state index in [0.29, 0.717) is 11.4 Å². The average Bonchev–Trinajstić information content (AvgIpc) is 2.96. The lowest BCUT2D eigenvalue weighted by Gasteiger charge is -2.15. The summed E-state index contributed by atoms with van der Waals surface area (Å²) in [6.45, 7) is -0.722. The van der Waals surface area contributed by atoms with E-state index in [1.54, 1.807) is 30.3 Å². The summed E-state index contributed by atoms with van der Waals surface area (Å²) in [6, 6.07) is 13.6. The monoisotopic (exact) mass is 382 g/mol. The van der Waals surface area contributed by atoms with Crippen molar-refractivity contribution in [2.24, 2.45) is 0 Å². The summed E-state index contributed by atoms with van der Waals surface area (Å²) in [6.07, 6.45) is 0. The first kappa shape index (κ1) is 19.1. The van der Waals surface area contributed by atoms with Crippen molar-refractivity contribution in [1.29, 1.82) is 0 Å². The number of methoxy groups -OCH3 is 1. The molecule has 8 nitrogen and oxygen atoms in total. The Kier molecular flexibility index (Phi) is 5.69. The molecule has 1 aliphatic rings. The number of amides is 2. The maximum absolute atomic E-state index is 12.0. The highest BCUT2D eigenvalue weighted by Crippen LogP contribution is 2.28. The molecule has 0 bridgehead atoms. The van der Waals surface area contributed by atoms with E-state index in [0.717, 1.165) is 10.5 Å². The fourth-order valence-corrected chi connectivity index (χ4v) is 2.82. The van der Waals surface area contributed by atoms with Crippen LogP contribution in [0.5, 0.6) is 5.75 Å². The summed E-state index contributed by atoms with van der Waals surface area (Å²) in [7, 11) is 1.53. The first-order chi connectivity index (χ1) is 13.5. The fourth-order valence-electron chi connectivity index (χ4n) is 2.82. The number of anilines is 1. The van der Waals surface area contributed by atoms with Gasteiger partial charge in [-0.05, 0) is 18.2 Å². The third-order valence-electron chi connectivity index (χ3n) is 4.20. The maximum atomic E-state index is 12.0. The van der Waals surface area contributed by atoms with E-state index in [1.807, 2.05) is 12.1 Å². The third-order valence-corrected chi connectivity index (χ3v) is 4.20.